The summed E-state index contributed by atoms with van der Waals surface area (Å²) in [5.41, 5.74) is 1.81. The number of para-hydroxylation sites is 1. The van der Waals surface area contributed by atoms with E-state index in [9.17, 15) is 9.59 Å². The average Bonchev–Trinajstić information content (AvgIpc) is 2.68. The molecule has 1 heterocycles. The summed E-state index contributed by atoms with van der Waals surface area (Å²) in [5, 5.41) is 6.56. The smallest absolute Gasteiger partial charge is 0.234 e. The monoisotopic (exact) mass is 385 g/mol. The van der Waals surface area contributed by atoms with Crippen molar-refractivity contribution in [2.75, 3.05) is 25.0 Å². The number of piperidine rings is 1. The van der Waals surface area contributed by atoms with Crippen LogP contribution in [0.4, 0.5) is 5.69 Å². The lowest BCUT2D eigenvalue weighted by Crippen LogP contribution is -2.45. The molecule has 1 aliphatic heterocycles. The number of halogens is 1. The largest absolute Gasteiger partial charge is 0.351 e. The second-order valence-corrected chi connectivity index (χ2v) is 7.27. The molecule has 0 saturated carbocycles. The van der Waals surface area contributed by atoms with Gasteiger partial charge in [0.25, 0.3) is 0 Å². The fourth-order valence-electron chi connectivity index (χ4n) is 3.24. The summed E-state index contributed by atoms with van der Waals surface area (Å²) in [6.07, 6.45) is 1.76. The molecular formula is C21H24ClN3O2. The first-order valence-corrected chi connectivity index (χ1v) is 9.57. The Hall–Kier alpha value is -2.37. The summed E-state index contributed by atoms with van der Waals surface area (Å²) in [4.78, 5) is 26.8. The fraction of sp³-hybridized carbons (Fsp3) is 0.333. The van der Waals surface area contributed by atoms with Gasteiger partial charge in [0, 0.05) is 23.8 Å². The number of carbonyl (C=O) groups is 2. The molecule has 1 aliphatic rings. The molecule has 6 heteroatoms. The van der Waals surface area contributed by atoms with Crippen LogP contribution in [0.25, 0.3) is 0 Å². The van der Waals surface area contributed by atoms with Crippen LogP contribution in [0.2, 0.25) is 5.02 Å². The van der Waals surface area contributed by atoms with Crippen LogP contribution in [0.15, 0.2) is 54.6 Å². The van der Waals surface area contributed by atoms with Gasteiger partial charge in [0.15, 0.2) is 0 Å². The summed E-state index contributed by atoms with van der Waals surface area (Å²) in [6, 6.07) is 16.9. The van der Waals surface area contributed by atoms with Crippen molar-refractivity contribution in [2.45, 2.75) is 19.4 Å². The molecule has 0 unspecified atom stereocenters. The molecule has 2 amide bonds. The molecule has 3 rings (SSSR count). The van der Waals surface area contributed by atoms with Crippen molar-refractivity contribution in [1.82, 2.24) is 10.2 Å². The summed E-state index contributed by atoms with van der Waals surface area (Å²) >= 11 is 5.87. The third-order valence-electron chi connectivity index (χ3n) is 4.69. The van der Waals surface area contributed by atoms with Crippen LogP contribution >= 0.6 is 11.6 Å². The molecule has 1 atom stereocenters. The van der Waals surface area contributed by atoms with Crippen LogP contribution in [0, 0.1) is 5.92 Å². The Morgan fingerprint density at radius 2 is 1.81 bits per heavy atom. The van der Waals surface area contributed by atoms with Gasteiger partial charge in [-0.15, -0.1) is 0 Å². The van der Waals surface area contributed by atoms with E-state index in [0.717, 1.165) is 30.6 Å². The first kappa shape index (κ1) is 19.4. The van der Waals surface area contributed by atoms with Crippen molar-refractivity contribution in [3.8, 4) is 0 Å². The minimum Gasteiger partial charge on any atom is -0.351 e. The molecular weight excluding hydrogens is 362 g/mol. The molecule has 5 nitrogen and oxygen atoms in total. The van der Waals surface area contributed by atoms with Gasteiger partial charge in [0.1, 0.15) is 0 Å². The Balaban J connectivity index is 1.45. The maximum absolute atomic E-state index is 12.5. The van der Waals surface area contributed by atoms with Crippen LogP contribution in [-0.4, -0.2) is 36.3 Å². The molecule has 1 fully saturated rings. The van der Waals surface area contributed by atoms with E-state index >= 15 is 0 Å². The zero-order valence-corrected chi connectivity index (χ0v) is 15.9. The van der Waals surface area contributed by atoms with Gasteiger partial charge in [-0.2, -0.15) is 0 Å². The number of amides is 2. The van der Waals surface area contributed by atoms with Crippen LogP contribution in [0.1, 0.15) is 18.4 Å². The van der Waals surface area contributed by atoms with Gasteiger partial charge in [-0.3, -0.25) is 14.5 Å². The number of benzene rings is 2. The number of nitrogens with one attached hydrogen (secondary N) is 2. The average molecular weight is 386 g/mol. The zero-order valence-electron chi connectivity index (χ0n) is 15.2. The Kier molecular flexibility index (Phi) is 6.85. The number of likely N-dealkylation sites (tertiary alicyclic amines) is 1. The quantitative estimate of drug-likeness (QED) is 0.802. The lowest BCUT2D eigenvalue weighted by Gasteiger charge is -2.31. The van der Waals surface area contributed by atoms with E-state index in [1.54, 1.807) is 0 Å². The normalized spacial score (nSPS) is 17.3. The van der Waals surface area contributed by atoms with E-state index < -0.39 is 0 Å². The van der Waals surface area contributed by atoms with Crippen molar-refractivity contribution in [2.24, 2.45) is 5.92 Å². The van der Waals surface area contributed by atoms with Gasteiger partial charge in [0.05, 0.1) is 12.5 Å². The third-order valence-corrected chi connectivity index (χ3v) is 4.94. The maximum atomic E-state index is 12.5. The lowest BCUT2D eigenvalue weighted by atomic mass is 9.97. The Morgan fingerprint density at radius 3 is 2.56 bits per heavy atom. The number of anilines is 1. The van der Waals surface area contributed by atoms with E-state index in [1.165, 1.54) is 0 Å². The highest BCUT2D eigenvalue weighted by molar-refractivity contribution is 6.30. The molecule has 1 saturated heterocycles. The molecule has 0 aromatic heterocycles. The van der Waals surface area contributed by atoms with E-state index in [-0.39, 0.29) is 17.7 Å². The van der Waals surface area contributed by atoms with Gasteiger partial charge in [-0.25, -0.2) is 0 Å². The molecule has 27 heavy (non-hydrogen) atoms. The van der Waals surface area contributed by atoms with Gasteiger partial charge < -0.3 is 10.6 Å². The van der Waals surface area contributed by atoms with Crippen molar-refractivity contribution >= 4 is 29.1 Å². The zero-order chi connectivity index (χ0) is 19.1. The number of hydrogen-bond donors (Lipinski definition) is 2. The summed E-state index contributed by atoms with van der Waals surface area (Å²) < 4.78 is 0. The Bertz CT molecular complexity index is 765. The fourth-order valence-corrected chi connectivity index (χ4v) is 3.37. The molecule has 0 radical (unpaired) electrons. The summed E-state index contributed by atoms with van der Waals surface area (Å²) in [6.45, 7) is 2.22. The van der Waals surface area contributed by atoms with Gasteiger partial charge in [-0.05, 0) is 49.2 Å². The molecule has 0 bridgehead atoms. The molecule has 2 aromatic carbocycles. The van der Waals surface area contributed by atoms with Crippen molar-refractivity contribution in [1.29, 1.82) is 0 Å². The standard InChI is InChI=1S/C21H24ClN3O2/c22-18-10-8-16(9-11-18)13-23-20(26)15-25-12-4-5-17(14-25)21(27)24-19-6-2-1-3-7-19/h1-3,6-11,17H,4-5,12-15H2,(H,23,26)(H,24,27)/t17-/m0/s1. The molecule has 0 spiro atoms. The van der Waals surface area contributed by atoms with Gasteiger partial charge >= 0.3 is 0 Å². The van der Waals surface area contributed by atoms with Crippen LogP contribution < -0.4 is 10.6 Å². The second kappa shape index (κ2) is 9.53. The van der Waals surface area contributed by atoms with Crippen molar-refractivity contribution in [3.05, 3.63) is 65.2 Å². The molecule has 142 valence electrons. The van der Waals surface area contributed by atoms with E-state index in [2.05, 4.69) is 15.5 Å². The number of hydrogen-bond acceptors (Lipinski definition) is 3. The molecule has 0 aliphatic carbocycles. The summed E-state index contributed by atoms with van der Waals surface area (Å²) in [5.74, 6) is -0.107. The van der Waals surface area contributed by atoms with Gasteiger partial charge in [-0.1, -0.05) is 41.9 Å². The topological polar surface area (TPSA) is 61.4 Å². The second-order valence-electron chi connectivity index (χ2n) is 6.83. The highest BCUT2D eigenvalue weighted by Crippen LogP contribution is 2.18. The van der Waals surface area contributed by atoms with Crippen LogP contribution in [0.5, 0.6) is 0 Å². The Labute approximate surface area is 164 Å². The molecule has 2 N–H and O–H groups in total. The number of carbonyl (C=O) groups excluding carboxylic acids is 2. The first-order chi connectivity index (χ1) is 13.1. The molecule has 2 aromatic rings. The van der Waals surface area contributed by atoms with E-state index in [4.69, 9.17) is 11.6 Å². The highest BCUT2D eigenvalue weighted by Gasteiger charge is 2.26. The Morgan fingerprint density at radius 1 is 1.07 bits per heavy atom. The number of rotatable bonds is 6. The van der Waals surface area contributed by atoms with Crippen LogP contribution in [0.3, 0.4) is 0 Å². The predicted octanol–water partition coefficient (Wildman–Crippen LogP) is 3.31. The third kappa shape index (κ3) is 6.08. The van der Waals surface area contributed by atoms with Crippen molar-refractivity contribution < 1.29 is 9.59 Å². The predicted molar refractivity (Wildman–Crippen MR) is 108 cm³/mol. The SMILES string of the molecule is O=C(CN1CCC[C@H](C(=O)Nc2ccccc2)C1)NCc1ccc(Cl)cc1. The minimum absolute atomic E-state index is 0.0208. The highest BCUT2D eigenvalue weighted by atomic mass is 35.5. The number of nitrogens with zero attached hydrogens (tertiary/aromatic N) is 1. The van der Waals surface area contributed by atoms with E-state index in [0.29, 0.717) is 24.7 Å². The minimum atomic E-state index is -0.0944. The first-order valence-electron chi connectivity index (χ1n) is 9.19. The summed E-state index contributed by atoms with van der Waals surface area (Å²) in [7, 11) is 0. The van der Waals surface area contributed by atoms with Gasteiger partial charge in [0.2, 0.25) is 11.8 Å². The van der Waals surface area contributed by atoms with Crippen LogP contribution in [-0.2, 0) is 16.1 Å². The maximum Gasteiger partial charge on any atom is 0.234 e. The lowest BCUT2D eigenvalue weighted by molar-refractivity contribution is -0.125. The van der Waals surface area contributed by atoms with E-state index in [1.807, 2.05) is 54.6 Å². The van der Waals surface area contributed by atoms with Crippen molar-refractivity contribution in [3.63, 3.8) is 0 Å².